The summed E-state index contributed by atoms with van der Waals surface area (Å²) in [7, 11) is 1.69. The molecule has 5 rings (SSSR count). The molecule has 3 aliphatic rings. The summed E-state index contributed by atoms with van der Waals surface area (Å²) < 4.78 is 11.3. The Morgan fingerprint density at radius 3 is 2.48 bits per heavy atom. The number of piperidine rings is 1. The molecule has 1 atom stereocenters. The summed E-state index contributed by atoms with van der Waals surface area (Å²) in [6, 6.07) is 6.37. The third kappa shape index (κ3) is 7.95. The highest BCUT2D eigenvalue weighted by Gasteiger charge is 2.30. The predicted molar refractivity (Wildman–Crippen MR) is 167 cm³/mol. The van der Waals surface area contributed by atoms with E-state index in [1.165, 1.54) is 49.0 Å². The zero-order valence-corrected chi connectivity index (χ0v) is 26.5. The number of carbonyl (C=O) groups excluding carboxylic acids is 2. The molecule has 1 N–H and O–H groups in total. The number of methoxy groups -OCH3 is 1. The first-order chi connectivity index (χ1) is 20.2. The van der Waals surface area contributed by atoms with Gasteiger partial charge in [-0.1, -0.05) is 25.3 Å². The van der Waals surface area contributed by atoms with Gasteiger partial charge in [-0.2, -0.15) is 0 Å². The minimum atomic E-state index is -0.479. The van der Waals surface area contributed by atoms with Crippen LogP contribution >= 0.6 is 11.3 Å². The molecule has 3 fully saturated rings. The number of likely N-dealkylation sites (tertiary alicyclic amines) is 1. The van der Waals surface area contributed by atoms with Crippen molar-refractivity contribution in [2.45, 2.75) is 77.2 Å². The second-order valence-corrected chi connectivity index (χ2v) is 13.8. The molecule has 2 saturated heterocycles. The van der Waals surface area contributed by atoms with Crippen molar-refractivity contribution >= 4 is 28.6 Å². The third-order valence-corrected chi connectivity index (χ3v) is 9.40. The molecule has 3 amide bonds. The van der Waals surface area contributed by atoms with Crippen LogP contribution in [0.3, 0.4) is 0 Å². The number of anilines is 1. The Bertz CT molecular complexity index is 1210. The van der Waals surface area contributed by atoms with Crippen molar-refractivity contribution in [2.24, 2.45) is 5.92 Å². The smallest absolute Gasteiger partial charge is 0.410 e. The van der Waals surface area contributed by atoms with E-state index in [0.29, 0.717) is 30.1 Å². The lowest BCUT2D eigenvalue weighted by Gasteiger charge is -2.39. The van der Waals surface area contributed by atoms with Gasteiger partial charge in [0.25, 0.3) is 0 Å². The van der Waals surface area contributed by atoms with Gasteiger partial charge in [-0.05, 0) is 76.0 Å². The summed E-state index contributed by atoms with van der Waals surface area (Å²) in [5, 5.41) is 5.63. The summed E-state index contributed by atoms with van der Waals surface area (Å²) in [5.74, 6) is 1.83. The van der Waals surface area contributed by atoms with Gasteiger partial charge in [0.05, 0.1) is 12.8 Å². The SMILES string of the molecule is COc1ccc(C2CCCCC2)cc1-c1csc(NC(=O)N2CCN(C[C@@H]3CCCN(C(=O)OC(C)(C)C)C3)CC2)n1. The molecule has 2 aromatic rings. The van der Waals surface area contributed by atoms with Crippen LogP contribution in [0, 0.1) is 5.92 Å². The van der Waals surface area contributed by atoms with E-state index in [9.17, 15) is 9.59 Å². The van der Waals surface area contributed by atoms with E-state index in [4.69, 9.17) is 14.5 Å². The number of ether oxygens (including phenoxy) is 2. The number of hydrogen-bond donors (Lipinski definition) is 1. The van der Waals surface area contributed by atoms with E-state index in [1.807, 2.05) is 36.0 Å². The first-order valence-electron chi connectivity index (χ1n) is 15.6. The van der Waals surface area contributed by atoms with Gasteiger partial charge in [0.2, 0.25) is 0 Å². The van der Waals surface area contributed by atoms with Gasteiger partial charge in [0.1, 0.15) is 11.4 Å². The van der Waals surface area contributed by atoms with Crippen LogP contribution in [0.1, 0.15) is 77.2 Å². The summed E-state index contributed by atoms with van der Waals surface area (Å²) in [6.45, 7) is 11.1. The van der Waals surface area contributed by atoms with Crippen molar-refractivity contribution < 1.29 is 19.1 Å². The fourth-order valence-electron chi connectivity index (χ4n) is 6.45. The highest BCUT2D eigenvalue weighted by Crippen LogP contribution is 2.38. The maximum Gasteiger partial charge on any atom is 0.410 e. The summed E-state index contributed by atoms with van der Waals surface area (Å²) >= 11 is 1.45. The van der Waals surface area contributed by atoms with Crippen LogP contribution in [0.25, 0.3) is 11.3 Å². The topological polar surface area (TPSA) is 87.2 Å². The van der Waals surface area contributed by atoms with Crippen LogP contribution in [0.2, 0.25) is 0 Å². The Kier molecular flexibility index (Phi) is 9.93. The molecule has 2 aliphatic heterocycles. The number of hydrogen-bond acceptors (Lipinski definition) is 7. The minimum Gasteiger partial charge on any atom is -0.496 e. The van der Waals surface area contributed by atoms with E-state index >= 15 is 0 Å². The Hall–Kier alpha value is -2.85. The summed E-state index contributed by atoms with van der Waals surface area (Å²) in [4.78, 5) is 36.6. The van der Waals surface area contributed by atoms with Crippen molar-refractivity contribution in [3.05, 3.63) is 29.1 Å². The molecule has 0 unspecified atom stereocenters. The number of nitrogens with zero attached hydrogens (tertiary/aromatic N) is 4. The maximum absolute atomic E-state index is 13.1. The molecule has 9 nitrogen and oxygen atoms in total. The minimum absolute atomic E-state index is 0.104. The highest BCUT2D eigenvalue weighted by molar-refractivity contribution is 7.14. The fourth-order valence-corrected chi connectivity index (χ4v) is 7.15. The summed E-state index contributed by atoms with van der Waals surface area (Å²) in [5.41, 5.74) is 2.70. The highest BCUT2D eigenvalue weighted by atomic mass is 32.1. The molecule has 230 valence electrons. The number of amides is 3. The van der Waals surface area contributed by atoms with Gasteiger partial charge in [-0.15, -0.1) is 11.3 Å². The standard InChI is InChI=1S/C32H47N5O4S/c1-32(2,3)41-31(39)37-14-8-9-23(21-37)20-35-15-17-36(18-16-35)30(38)34-29-33-27(22-42-29)26-19-25(12-13-28(26)40-4)24-10-6-5-7-11-24/h12-13,19,22-24H,5-11,14-18,20-21H2,1-4H3,(H,33,34,38)/t23-/m0/s1. The zero-order chi connectivity index (χ0) is 29.7. The molecule has 3 heterocycles. The quantitative estimate of drug-likeness (QED) is 0.401. The van der Waals surface area contributed by atoms with Crippen molar-refractivity contribution in [2.75, 3.05) is 58.2 Å². The van der Waals surface area contributed by atoms with Gasteiger partial charge < -0.3 is 19.3 Å². The molecule has 42 heavy (non-hydrogen) atoms. The lowest BCUT2D eigenvalue weighted by molar-refractivity contribution is 0.0134. The Morgan fingerprint density at radius 1 is 1.00 bits per heavy atom. The van der Waals surface area contributed by atoms with Crippen molar-refractivity contribution in [3.8, 4) is 17.0 Å². The van der Waals surface area contributed by atoms with Gasteiger partial charge in [0, 0.05) is 56.8 Å². The van der Waals surface area contributed by atoms with Gasteiger partial charge in [0.15, 0.2) is 5.13 Å². The molecule has 1 aliphatic carbocycles. The van der Waals surface area contributed by atoms with E-state index in [2.05, 4.69) is 28.4 Å². The molecular formula is C32H47N5O4S. The fraction of sp³-hybridized carbons (Fsp3) is 0.656. The van der Waals surface area contributed by atoms with E-state index in [1.54, 1.807) is 7.11 Å². The third-order valence-electron chi connectivity index (χ3n) is 8.64. The molecular weight excluding hydrogens is 550 g/mol. The average molecular weight is 598 g/mol. The second-order valence-electron chi connectivity index (χ2n) is 13.0. The number of urea groups is 1. The molecule has 1 aromatic heterocycles. The number of rotatable bonds is 6. The van der Waals surface area contributed by atoms with Crippen molar-refractivity contribution in [3.63, 3.8) is 0 Å². The molecule has 1 aromatic carbocycles. The number of carbonyl (C=O) groups is 2. The van der Waals surface area contributed by atoms with E-state index < -0.39 is 5.60 Å². The lowest BCUT2D eigenvalue weighted by atomic mass is 9.83. The largest absolute Gasteiger partial charge is 0.496 e. The van der Waals surface area contributed by atoms with Crippen LogP contribution in [0.15, 0.2) is 23.6 Å². The number of benzene rings is 1. The number of piperazine rings is 1. The van der Waals surface area contributed by atoms with Gasteiger partial charge in [-0.3, -0.25) is 10.2 Å². The van der Waals surface area contributed by atoms with Crippen LogP contribution in [-0.2, 0) is 4.74 Å². The zero-order valence-electron chi connectivity index (χ0n) is 25.7. The van der Waals surface area contributed by atoms with Crippen molar-refractivity contribution in [1.29, 1.82) is 0 Å². The van der Waals surface area contributed by atoms with Gasteiger partial charge in [-0.25, -0.2) is 14.6 Å². The first-order valence-corrected chi connectivity index (χ1v) is 16.5. The van der Waals surface area contributed by atoms with E-state index in [-0.39, 0.29) is 12.1 Å². The molecule has 0 spiro atoms. The molecule has 1 saturated carbocycles. The van der Waals surface area contributed by atoms with Crippen LogP contribution < -0.4 is 10.1 Å². The number of aromatic nitrogens is 1. The Balaban J connectivity index is 1.12. The van der Waals surface area contributed by atoms with Crippen molar-refractivity contribution in [1.82, 2.24) is 19.7 Å². The Morgan fingerprint density at radius 2 is 1.76 bits per heavy atom. The summed E-state index contributed by atoms with van der Waals surface area (Å²) in [6.07, 6.45) is 8.29. The average Bonchev–Trinajstić information content (AvgIpc) is 3.45. The molecule has 0 radical (unpaired) electrons. The van der Waals surface area contributed by atoms with Gasteiger partial charge >= 0.3 is 12.1 Å². The monoisotopic (exact) mass is 597 g/mol. The molecule has 0 bridgehead atoms. The number of nitrogens with one attached hydrogen (secondary N) is 1. The number of thiazole rings is 1. The lowest BCUT2D eigenvalue weighted by Crippen LogP contribution is -2.52. The van der Waals surface area contributed by atoms with Crippen LogP contribution in [0.4, 0.5) is 14.7 Å². The molecule has 10 heteroatoms. The normalized spacial score (nSPS) is 20.8. The first kappa shape index (κ1) is 30.6. The van der Waals surface area contributed by atoms with E-state index in [0.717, 1.165) is 62.6 Å². The maximum atomic E-state index is 13.1. The predicted octanol–water partition coefficient (Wildman–Crippen LogP) is 6.66. The Labute approximate surface area is 254 Å². The second kappa shape index (κ2) is 13.6. The van der Waals surface area contributed by atoms with Crippen LogP contribution in [0.5, 0.6) is 5.75 Å². The van der Waals surface area contributed by atoms with Crippen LogP contribution in [-0.4, -0.2) is 90.3 Å².